The number of aliphatic hydroxyl groups excluding tert-OH is 1. The van der Waals surface area contributed by atoms with E-state index in [4.69, 9.17) is 5.26 Å². The highest BCUT2D eigenvalue weighted by atomic mass is 16.3. The molecule has 1 fully saturated rings. The second-order valence-electron chi connectivity index (χ2n) is 5.28. The Morgan fingerprint density at radius 1 is 1.33 bits per heavy atom. The predicted octanol–water partition coefficient (Wildman–Crippen LogP) is 2.33. The highest BCUT2D eigenvalue weighted by Crippen LogP contribution is 2.17. The molecule has 1 aromatic carbocycles. The fraction of sp³-hybridized carbons (Fsp3) is 0.412. The minimum atomic E-state index is -0.0642. The topological polar surface area (TPSA) is 64.3 Å². The van der Waals surface area contributed by atoms with Crippen molar-refractivity contribution in [3.05, 3.63) is 41.5 Å². The smallest absolute Gasteiger partial charge is 0.246 e. The maximum atomic E-state index is 12.3. The minimum Gasteiger partial charge on any atom is -0.394 e. The molecule has 0 spiro atoms. The van der Waals surface area contributed by atoms with E-state index in [0.29, 0.717) is 12.1 Å². The summed E-state index contributed by atoms with van der Waals surface area (Å²) in [5, 5.41) is 18.2. The molecule has 1 aliphatic heterocycles. The third-order valence-corrected chi connectivity index (χ3v) is 3.83. The van der Waals surface area contributed by atoms with Crippen LogP contribution in [-0.2, 0) is 4.79 Å². The molecule has 0 bridgehead atoms. The first-order valence-corrected chi connectivity index (χ1v) is 7.34. The van der Waals surface area contributed by atoms with E-state index in [1.165, 1.54) is 0 Å². The van der Waals surface area contributed by atoms with Gasteiger partial charge in [-0.3, -0.25) is 4.79 Å². The molecule has 4 nitrogen and oxygen atoms in total. The summed E-state index contributed by atoms with van der Waals surface area (Å²) in [6.07, 6.45) is 7.34. The Kier molecular flexibility index (Phi) is 5.53. The van der Waals surface area contributed by atoms with E-state index in [1.54, 1.807) is 29.2 Å². The zero-order chi connectivity index (χ0) is 15.1. The average Bonchev–Trinajstić information content (AvgIpc) is 2.78. The van der Waals surface area contributed by atoms with E-state index in [1.807, 2.05) is 12.1 Å². The van der Waals surface area contributed by atoms with Crippen LogP contribution in [-0.4, -0.2) is 35.1 Å². The fourth-order valence-corrected chi connectivity index (χ4v) is 2.59. The molecule has 1 aliphatic rings. The van der Waals surface area contributed by atoms with Crippen molar-refractivity contribution in [3.8, 4) is 6.07 Å². The summed E-state index contributed by atoms with van der Waals surface area (Å²) in [6.45, 7) is 0.734. The van der Waals surface area contributed by atoms with Gasteiger partial charge >= 0.3 is 0 Å². The minimum absolute atomic E-state index is 0.0243. The Morgan fingerprint density at radius 3 is 2.76 bits per heavy atom. The van der Waals surface area contributed by atoms with E-state index in [0.717, 1.165) is 31.2 Å². The van der Waals surface area contributed by atoms with Crippen LogP contribution in [0.15, 0.2) is 30.3 Å². The summed E-state index contributed by atoms with van der Waals surface area (Å²) in [5.74, 6) is -0.0553. The summed E-state index contributed by atoms with van der Waals surface area (Å²) >= 11 is 0. The van der Waals surface area contributed by atoms with Crippen molar-refractivity contribution >= 4 is 12.0 Å². The van der Waals surface area contributed by atoms with Gasteiger partial charge in [-0.1, -0.05) is 25.0 Å². The van der Waals surface area contributed by atoms with Crippen molar-refractivity contribution in [2.24, 2.45) is 0 Å². The van der Waals surface area contributed by atoms with Gasteiger partial charge in [0.15, 0.2) is 0 Å². The van der Waals surface area contributed by atoms with Crippen LogP contribution < -0.4 is 0 Å². The molecular weight excluding hydrogens is 264 g/mol. The number of rotatable bonds is 3. The van der Waals surface area contributed by atoms with Gasteiger partial charge in [-0.25, -0.2) is 0 Å². The Hall–Kier alpha value is -2.12. The van der Waals surface area contributed by atoms with Crippen molar-refractivity contribution in [2.45, 2.75) is 31.7 Å². The summed E-state index contributed by atoms with van der Waals surface area (Å²) in [5.41, 5.74) is 1.49. The van der Waals surface area contributed by atoms with Gasteiger partial charge in [0, 0.05) is 12.6 Å². The van der Waals surface area contributed by atoms with Crippen LogP contribution >= 0.6 is 0 Å². The van der Waals surface area contributed by atoms with Crippen molar-refractivity contribution in [1.82, 2.24) is 4.90 Å². The first kappa shape index (κ1) is 15.3. The molecular formula is C17H20N2O2. The van der Waals surface area contributed by atoms with Crippen molar-refractivity contribution < 1.29 is 9.90 Å². The average molecular weight is 284 g/mol. The van der Waals surface area contributed by atoms with Crippen molar-refractivity contribution in [3.63, 3.8) is 0 Å². The standard InChI is InChI=1S/C17H20N2O2/c18-12-15-7-5-14(6-8-15)9-10-17(21)19-11-3-1-2-4-16(19)13-20/h5-10,16,20H,1-4,11,13H2/b10-9+. The van der Waals surface area contributed by atoms with Crippen LogP contribution in [0.4, 0.5) is 0 Å². The van der Waals surface area contributed by atoms with Gasteiger partial charge in [-0.15, -0.1) is 0 Å². The number of benzene rings is 1. The summed E-state index contributed by atoms with van der Waals surface area (Å²) in [7, 11) is 0. The molecule has 0 saturated carbocycles. The Labute approximate surface area is 125 Å². The Morgan fingerprint density at radius 2 is 2.10 bits per heavy atom. The first-order chi connectivity index (χ1) is 10.2. The van der Waals surface area contributed by atoms with Crippen LogP contribution in [0.5, 0.6) is 0 Å². The Bertz CT molecular complexity index is 543. The molecule has 0 aromatic heterocycles. The van der Waals surface area contributed by atoms with E-state index in [9.17, 15) is 9.90 Å². The number of hydrogen-bond acceptors (Lipinski definition) is 3. The van der Waals surface area contributed by atoms with E-state index < -0.39 is 0 Å². The predicted molar refractivity (Wildman–Crippen MR) is 81.2 cm³/mol. The third kappa shape index (κ3) is 4.17. The second kappa shape index (κ2) is 7.61. The molecule has 1 aromatic rings. The van der Waals surface area contributed by atoms with Gasteiger partial charge in [-0.2, -0.15) is 5.26 Å². The number of nitriles is 1. The third-order valence-electron chi connectivity index (χ3n) is 3.83. The van der Waals surface area contributed by atoms with E-state index in [-0.39, 0.29) is 18.6 Å². The van der Waals surface area contributed by atoms with Gasteiger partial charge in [0.05, 0.1) is 24.3 Å². The van der Waals surface area contributed by atoms with Crippen LogP contribution in [0.1, 0.15) is 36.8 Å². The number of hydrogen-bond donors (Lipinski definition) is 1. The van der Waals surface area contributed by atoms with Gasteiger partial charge in [0.25, 0.3) is 0 Å². The maximum Gasteiger partial charge on any atom is 0.246 e. The van der Waals surface area contributed by atoms with Crippen LogP contribution in [0.2, 0.25) is 0 Å². The van der Waals surface area contributed by atoms with Crippen LogP contribution in [0.25, 0.3) is 6.08 Å². The summed E-state index contributed by atoms with van der Waals surface area (Å²) in [4.78, 5) is 14.1. The maximum absolute atomic E-state index is 12.3. The lowest BCUT2D eigenvalue weighted by atomic mass is 10.1. The lowest BCUT2D eigenvalue weighted by molar-refractivity contribution is -0.129. The normalized spacial score (nSPS) is 19.2. The Balaban J connectivity index is 2.04. The number of likely N-dealkylation sites (tertiary alicyclic amines) is 1. The zero-order valence-corrected chi connectivity index (χ0v) is 12.0. The molecule has 2 rings (SSSR count). The highest BCUT2D eigenvalue weighted by Gasteiger charge is 2.22. The van der Waals surface area contributed by atoms with E-state index >= 15 is 0 Å². The number of carbonyl (C=O) groups excluding carboxylic acids is 1. The van der Waals surface area contributed by atoms with Crippen molar-refractivity contribution in [2.75, 3.05) is 13.2 Å². The summed E-state index contributed by atoms with van der Waals surface area (Å²) < 4.78 is 0. The monoisotopic (exact) mass is 284 g/mol. The molecule has 0 aliphatic carbocycles. The largest absolute Gasteiger partial charge is 0.394 e. The lowest BCUT2D eigenvalue weighted by Crippen LogP contribution is -2.41. The van der Waals surface area contributed by atoms with Crippen molar-refractivity contribution in [1.29, 1.82) is 5.26 Å². The molecule has 1 unspecified atom stereocenters. The van der Waals surface area contributed by atoms with Gasteiger partial charge < -0.3 is 10.0 Å². The van der Waals surface area contributed by atoms with E-state index in [2.05, 4.69) is 6.07 Å². The SMILES string of the molecule is N#Cc1ccc(/C=C/C(=O)N2CCCCCC2CO)cc1. The molecule has 1 heterocycles. The molecule has 0 radical (unpaired) electrons. The molecule has 1 atom stereocenters. The van der Waals surface area contributed by atoms with Gasteiger partial charge in [-0.05, 0) is 36.6 Å². The molecule has 4 heteroatoms. The molecule has 1 saturated heterocycles. The molecule has 21 heavy (non-hydrogen) atoms. The highest BCUT2D eigenvalue weighted by molar-refractivity contribution is 5.92. The number of aliphatic hydroxyl groups is 1. The number of carbonyl (C=O) groups is 1. The van der Waals surface area contributed by atoms with Crippen LogP contribution in [0.3, 0.4) is 0 Å². The molecule has 1 amide bonds. The van der Waals surface area contributed by atoms with Gasteiger partial charge in [0.1, 0.15) is 0 Å². The second-order valence-corrected chi connectivity index (χ2v) is 5.28. The summed E-state index contributed by atoms with van der Waals surface area (Å²) in [6, 6.07) is 9.08. The first-order valence-electron chi connectivity index (χ1n) is 7.34. The zero-order valence-electron chi connectivity index (χ0n) is 12.0. The number of nitrogens with zero attached hydrogens (tertiary/aromatic N) is 2. The molecule has 1 N–H and O–H groups in total. The fourth-order valence-electron chi connectivity index (χ4n) is 2.59. The van der Waals surface area contributed by atoms with Gasteiger partial charge in [0.2, 0.25) is 5.91 Å². The quantitative estimate of drug-likeness (QED) is 0.866. The number of amides is 1. The molecule has 110 valence electrons. The van der Waals surface area contributed by atoms with Crippen LogP contribution in [0, 0.1) is 11.3 Å². The lowest BCUT2D eigenvalue weighted by Gasteiger charge is -2.27.